The lowest BCUT2D eigenvalue weighted by Gasteiger charge is -2.14. The summed E-state index contributed by atoms with van der Waals surface area (Å²) in [6, 6.07) is 127. The number of rotatable bonds is 0. The second-order valence-corrected chi connectivity index (χ2v) is 34.7. The molecule has 0 saturated heterocycles. The maximum absolute atomic E-state index is 2.43. The molecule has 0 aliphatic heterocycles. The standard InChI is InChI=1S/C23H18.C22H16.2C20H16.2C18H14/c1-14-18-8-5-6-9-19(18)15(2)22-13-23-17(12-21(14)22)11-16-7-3-4-10-20(16)23;1-14-12-17-13-16-11-10-15-6-2-3-8-19(15)21(16)22(17)20-9-5-4-7-18(14)20;1-13-7-9-17-18-10-8-14(2)12-20(18)16-6-4-3-5-15(16)19(17)11-13;1-13-7-9-17-15-5-3-4-6-16(15)18-10-8-14(2)12-20(18)19(17)11-13;1-11-7-13-3-5-15-9-12(2)10-16-6-4-14(8-11)17(13)18(15)16;1-11-3-5-13-8-10-16-12(2)4-6-14-7-9-15(11)17(13)18(14)16/h3-10,12-13H,11H2,1-2H3;2-12H,13H2,1H3;2*3-12H,1-2H3;2*3-10H,1-2H3. The van der Waals surface area contributed by atoms with Gasteiger partial charge in [0.1, 0.15) is 0 Å². The summed E-state index contributed by atoms with van der Waals surface area (Å²) in [7, 11) is 0. The van der Waals surface area contributed by atoms with Crippen LogP contribution in [0.25, 0.3) is 195 Å². The SMILES string of the molecule is Cc1c2ccccc2c(C)c2cc3c(cc12)Cc1ccccc1-3.Cc1cc2c(c3ccccc13)-c1c(ccc3ccccc13)C2.Cc1cc2ccc3cc(C)cc4ccc(c1)c2c34.Cc1ccc2c3ccc(C)cc3c3ccccc3c2c1.Cc1ccc2c3ccccc3c3ccc(C)cc3c2c1.Cc1ccc2ccc3c(C)ccc4ccc1c2c43. The predicted octanol–water partition coefficient (Wildman–Crippen LogP) is 34.0. The van der Waals surface area contributed by atoms with E-state index in [0.717, 1.165) is 12.8 Å². The van der Waals surface area contributed by atoms with Crippen molar-refractivity contribution in [3.63, 3.8) is 0 Å². The summed E-state index contributed by atoms with van der Waals surface area (Å²) in [5.74, 6) is 0. The van der Waals surface area contributed by atoms with E-state index in [0.29, 0.717) is 0 Å². The molecule has 0 saturated carbocycles. The van der Waals surface area contributed by atoms with Gasteiger partial charge in [0.2, 0.25) is 0 Å². The van der Waals surface area contributed by atoms with Gasteiger partial charge in [-0.3, -0.25) is 0 Å². The van der Waals surface area contributed by atoms with Gasteiger partial charge < -0.3 is 0 Å². The fourth-order valence-electron chi connectivity index (χ4n) is 20.9. The van der Waals surface area contributed by atoms with E-state index in [-0.39, 0.29) is 0 Å². The molecule has 2 aliphatic rings. The first-order chi connectivity index (χ1) is 59.0. The maximum Gasteiger partial charge on any atom is -0.00129 e. The van der Waals surface area contributed by atoms with E-state index < -0.39 is 0 Å². The summed E-state index contributed by atoms with van der Waals surface area (Å²) >= 11 is 0. The quantitative estimate of drug-likeness (QED) is 0.105. The van der Waals surface area contributed by atoms with E-state index in [9.17, 15) is 0 Å². The van der Waals surface area contributed by atoms with Gasteiger partial charge in [-0.15, -0.1) is 0 Å². The summed E-state index contributed by atoms with van der Waals surface area (Å²) in [6.07, 6.45) is 2.12. The summed E-state index contributed by atoms with van der Waals surface area (Å²) < 4.78 is 0. The van der Waals surface area contributed by atoms with Crippen molar-refractivity contribution in [2.24, 2.45) is 0 Å². The summed E-state index contributed by atoms with van der Waals surface area (Å²) in [5.41, 5.74) is 26.4. The Kier molecular flexibility index (Phi) is 18.3. The molecule has 24 aromatic carbocycles. The normalized spacial score (nSPS) is 12.0. The Balaban J connectivity index is 0.0000000898. The number of fused-ring (bicyclic) bond motifs is 24. The third-order valence-electron chi connectivity index (χ3n) is 26.7. The molecule has 0 N–H and O–H groups in total. The van der Waals surface area contributed by atoms with Crippen molar-refractivity contribution in [3.8, 4) is 22.3 Å². The first kappa shape index (κ1) is 74.5. The first-order valence-corrected chi connectivity index (χ1v) is 43.0. The molecule has 0 nitrogen and oxygen atoms in total. The van der Waals surface area contributed by atoms with Gasteiger partial charge in [-0.2, -0.15) is 0 Å². The van der Waals surface area contributed by atoms with E-state index in [1.54, 1.807) is 0 Å². The predicted molar refractivity (Wildman–Crippen MR) is 530 cm³/mol. The van der Waals surface area contributed by atoms with Gasteiger partial charge in [-0.05, 0) is 357 Å². The minimum Gasteiger partial charge on any atom is -0.0619 e. The molecule has 0 bridgehead atoms. The third-order valence-corrected chi connectivity index (χ3v) is 26.7. The molecule has 0 fully saturated rings. The van der Waals surface area contributed by atoms with E-state index in [1.807, 2.05) is 0 Å². The molecule has 0 heterocycles. The van der Waals surface area contributed by atoms with E-state index in [2.05, 4.69) is 422 Å². The number of hydrogen-bond donors (Lipinski definition) is 0. The van der Waals surface area contributed by atoms with Crippen LogP contribution in [-0.2, 0) is 12.8 Å². The molecule has 121 heavy (non-hydrogen) atoms. The summed E-state index contributed by atoms with van der Waals surface area (Å²) in [4.78, 5) is 0. The lowest BCUT2D eigenvalue weighted by molar-refractivity contribution is 1.26. The minimum absolute atomic E-state index is 1.06. The molecule has 0 atom stereocenters. The maximum atomic E-state index is 2.43. The molecule has 0 heteroatoms. The van der Waals surface area contributed by atoms with Crippen molar-refractivity contribution in [1.29, 1.82) is 0 Å². The second kappa shape index (κ2) is 29.8. The van der Waals surface area contributed by atoms with Crippen LogP contribution in [0.4, 0.5) is 0 Å². The summed E-state index contributed by atoms with van der Waals surface area (Å²) in [5, 5.41) is 43.9. The van der Waals surface area contributed by atoms with Gasteiger partial charge in [-0.25, -0.2) is 0 Å². The van der Waals surface area contributed by atoms with Crippen molar-refractivity contribution < 1.29 is 0 Å². The van der Waals surface area contributed by atoms with Crippen molar-refractivity contribution in [2.45, 2.75) is 89.0 Å². The Labute approximate surface area is 707 Å². The lowest BCUT2D eigenvalue weighted by atomic mass is 9.90. The Morgan fingerprint density at radius 2 is 0.488 bits per heavy atom. The van der Waals surface area contributed by atoms with Crippen LogP contribution >= 0.6 is 0 Å². The lowest BCUT2D eigenvalue weighted by Crippen LogP contribution is -1.90. The molecule has 2 aliphatic carbocycles. The minimum atomic E-state index is 1.06. The molecule has 578 valence electrons. The van der Waals surface area contributed by atoms with E-state index in [1.165, 1.54) is 278 Å². The molecule has 0 spiro atoms. The van der Waals surface area contributed by atoms with Crippen LogP contribution in [0.15, 0.2) is 346 Å². The van der Waals surface area contributed by atoms with Crippen molar-refractivity contribution in [2.75, 3.05) is 0 Å². The monoisotopic (exact) mass is 1550 g/mol. The molecule has 26 rings (SSSR count). The van der Waals surface area contributed by atoms with Crippen LogP contribution in [0.2, 0.25) is 0 Å². The number of hydrogen-bond acceptors (Lipinski definition) is 0. The number of benzene rings is 24. The Hall–Kier alpha value is -14.0. The van der Waals surface area contributed by atoms with Crippen LogP contribution in [0.1, 0.15) is 83.5 Å². The second-order valence-electron chi connectivity index (χ2n) is 34.7. The molecule has 0 aromatic heterocycles. The molecule has 0 amide bonds. The number of aryl methyl sites for hydroxylation is 11. The smallest absolute Gasteiger partial charge is 0.00129 e. The fraction of sp³-hybridized carbons (Fsp3) is 0.107. The van der Waals surface area contributed by atoms with Crippen LogP contribution in [0, 0.1) is 76.2 Å². The van der Waals surface area contributed by atoms with Crippen LogP contribution < -0.4 is 0 Å². The molecular weight excluding hydrogens is 1450 g/mol. The van der Waals surface area contributed by atoms with Crippen LogP contribution in [-0.4, -0.2) is 0 Å². The molecular formula is C121H94. The highest BCUT2D eigenvalue weighted by Crippen LogP contribution is 2.48. The van der Waals surface area contributed by atoms with Gasteiger partial charge in [-0.1, -0.05) is 356 Å². The third kappa shape index (κ3) is 12.8. The van der Waals surface area contributed by atoms with Crippen molar-refractivity contribution in [1.82, 2.24) is 0 Å². The highest BCUT2D eigenvalue weighted by molar-refractivity contribution is 6.29. The Morgan fingerprint density at radius 3 is 0.967 bits per heavy atom. The van der Waals surface area contributed by atoms with Gasteiger partial charge in [0, 0.05) is 0 Å². The van der Waals surface area contributed by atoms with Crippen molar-refractivity contribution >= 4 is 172 Å². The molecule has 0 unspecified atom stereocenters. The Bertz CT molecular complexity index is 7980. The van der Waals surface area contributed by atoms with Crippen molar-refractivity contribution in [3.05, 3.63) is 429 Å². The largest absolute Gasteiger partial charge is 0.0619 e. The van der Waals surface area contributed by atoms with E-state index in [4.69, 9.17) is 0 Å². The van der Waals surface area contributed by atoms with Gasteiger partial charge in [0.15, 0.2) is 0 Å². The fourth-order valence-corrected chi connectivity index (χ4v) is 20.9. The topological polar surface area (TPSA) is 0 Å². The van der Waals surface area contributed by atoms with Gasteiger partial charge >= 0.3 is 0 Å². The van der Waals surface area contributed by atoms with Crippen LogP contribution in [0.5, 0.6) is 0 Å². The zero-order valence-corrected chi connectivity index (χ0v) is 70.8. The average molecular weight is 1550 g/mol. The van der Waals surface area contributed by atoms with Gasteiger partial charge in [0.05, 0.1) is 0 Å². The van der Waals surface area contributed by atoms with Crippen LogP contribution in [0.3, 0.4) is 0 Å². The molecule has 24 aromatic rings. The molecule has 0 radical (unpaired) electrons. The zero-order chi connectivity index (χ0) is 82.2. The van der Waals surface area contributed by atoms with Gasteiger partial charge in [0.25, 0.3) is 0 Å². The highest BCUT2D eigenvalue weighted by atomic mass is 14.3. The first-order valence-electron chi connectivity index (χ1n) is 43.0. The summed E-state index contributed by atoms with van der Waals surface area (Å²) in [6.45, 7) is 24.1. The Morgan fingerprint density at radius 1 is 0.149 bits per heavy atom. The average Bonchev–Trinajstić information content (AvgIpc) is 1.47. The zero-order valence-electron chi connectivity index (χ0n) is 70.8. The highest BCUT2D eigenvalue weighted by Gasteiger charge is 2.25. The van der Waals surface area contributed by atoms with E-state index >= 15 is 0 Å².